The van der Waals surface area contributed by atoms with Crippen LogP contribution in [0.15, 0.2) is 0 Å². The Kier molecular flexibility index (Phi) is 4.00. The molecule has 0 aromatic rings. The van der Waals surface area contributed by atoms with Crippen LogP contribution in [0.3, 0.4) is 0 Å². The maximum absolute atomic E-state index is 10.4. The molecule has 0 spiro atoms. The van der Waals surface area contributed by atoms with Crippen LogP contribution in [0.2, 0.25) is 0 Å². The number of esters is 1. The first-order chi connectivity index (χ1) is 4.20. The summed E-state index contributed by atoms with van der Waals surface area (Å²) in [5.41, 5.74) is 5.20. The van der Waals surface area contributed by atoms with Crippen molar-refractivity contribution in [2.75, 3.05) is 13.7 Å². The van der Waals surface area contributed by atoms with Crippen molar-refractivity contribution in [2.24, 2.45) is 5.73 Å². The molecule has 0 aliphatic rings. The molecule has 0 aromatic carbocycles. The van der Waals surface area contributed by atoms with Crippen LogP contribution in [-0.2, 0) is 9.53 Å². The number of methoxy groups -OCH3 is 1. The minimum absolute atomic E-state index is 0.0764. The molecule has 1 atom stereocenters. The van der Waals surface area contributed by atoms with Crippen LogP contribution in [0.5, 0.6) is 0 Å². The van der Waals surface area contributed by atoms with Gasteiger partial charge in [0, 0.05) is 6.04 Å². The quantitative estimate of drug-likeness (QED) is 0.478. The predicted octanol–water partition coefficient (Wildman–Crippen LogP) is -1.13. The lowest BCUT2D eigenvalue weighted by Crippen LogP contribution is -2.27. The summed E-state index contributed by atoms with van der Waals surface area (Å²) in [4.78, 5) is 10.4. The van der Waals surface area contributed by atoms with Crippen molar-refractivity contribution < 1.29 is 14.6 Å². The van der Waals surface area contributed by atoms with Gasteiger partial charge < -0.3 is 15.6 Å². The third kappa shape index (κ3) is 3.93. The highest BCUT2D eigenvalue weighted by molar-refractivity contribution is 5.69. The lowest BCUT2D eigenvalue weighted by atomic mass is 10.2. The average molecular weight is 133 g/mol. The molecule has 0 heterocycles. The first kappa shape index (κ1) is 8.39. The zero-order valence-corrected chi connectivity index (χ0v) is 5.33. The largest absolute Gasteiger partial charge is 0.469 e. The summed E-state index contributed by atoms with van der Waals surface area (Å²) in [5, 5.41) is 8.35. The van der Waals surface area contributed by atoms with Crippen LogP contribution < -0.4 is 5.73 Å². The van der Waals surface area contributed by atoms with Crippen molar-refractivity contribution in [3.63, 3.8) is 0 Å². The predicted molar refractivity (Wildman–Crippen MR) is 31.7 cm³/mol. The fourth-order valence-electron chi connectivity index (χ4n) is 0.362. The van der Waals surface area contributed by atoms with Gasteiger partial charge in [0.1, 0.15) is 0 Å². The summed E-state index contributed by atoms with van der Waals surface area (Å²) >= 11 is 0. The smallest absolute Gasteiger partial charge is 0.307 e. The number of carbonyl (C=O) groups is 1. The van der Waals surface area contributed by atoms with E-state index in [0.29, 0.717) is 0 Å². The van der Waals surface area contributed by atoms with Crippen molar-refractivity contribution in [1.29, 1.82) is 0 Å². The van der Waals surface area contributed by atoms with Crippen LogP contribution in [-0.4, -0.2) is 30.8 Å². The lowest BCUT2D eigenvalue weighted by Gasteiger charge is -2.03. The maximum Gasteiger partial charge on any atom is 0.307 e. The van der Waals surface area contributed by atoms with Crippen molar-refractivity contribution in [2.45, 2.75) is 12.5 Å². The summed E-state index contributed by atoms with van der Waals surface area (Å²) in [6.07, 6.45) is 0.0764. The molecule has 0 amide bonds. The minimum atomic E-state index is -0.488. The van der Waals surface area contributed by atoms with Gasteiger partial charge in [-0.15, -0.1) is 0 Å². The minimum Gasteiger partial charge on any atom is -0.469 e. The summed E-state index contributed by atoms with van der Waals surface area (Å²) in [7, 11) is 1.28. The van der Waals surface area contributed by atoms with Gasteiger partial charge in [-0.2, -0.15) is 0 Å². The molecule has 0 aliphatic carbocycles. The number of carbonyl (C=O) groups excluding carboxylic acids is 1. The third-order valence-corrected chi connectivity index (χ3v) is 0.891. The van der Waals surface area contributed by atoms with Gasteiger partial charge in [-0.1, -0.05) is 0 Å². The first-order valence-electron chi connectivity index (χ1n) is 2.64. The molecule has 0 saturated heterocycles. The first-order valence-corrected chi connectivity index (χ1v) is 2.64. The van der Waals surface area contributed by atoms with E-state index in [1.807, 2.05) is 0 Å². The standard InChI is InChI=1S/C5H11NO3/c1-9-5(8)2-4(6)3-7/h4,7H,2-3,6H2,1H3. The Morgan fingerprint density at radius 2 is 2.44 bits per heavy atom. The van der Waals surface area contributed by atoms with E-state index >= 15 is 0 Å². The summed E-state index contributed by atoms with van der Waals surface area (Å²) in [5.74, 6) is -0.392. The fourth-order valence-corrected chi connectivity index (χ4v) is 0.362. The zero-order chi connectivity index (χ0) is 7.28. The van der Waals surface area contributed by atoms with Crippen LogP contribution in [0.1, 0.15) is 6.42 Å². The van der Waals surface area contributed by atoms with Crippen molar-refractivity contribution >= 4 is 5.97 Å². The normalized spacial score (nSPS) is 12.8. The molecule has 0 saturated carbocycles. The molecule has 9 heavy (non-hydrogen) atoms. The maximum atomic E-state index is 10.4. The van der Waals surface area contributed by atoms with Crippen molar-refractivity contribution in [3.8, 4) is 0 Å². The van der Waals surface area contributed by atoms with Gasteiger partial charge in [0.05, 0.1) is 20.1 Å². The molecule has 0 bridgehead atoms. The molecule has 3 N–H and O–H groups in total. The van der Waals surface area contributed by atoms with Gasteiger partial charge in [0.2, 0.25) is 0 Å². The van der Waals surface area contributed by atoms with E-state index in [9.17, 15) is 4.79 Å². The number of aliphatic hydroxyl groups is 1. The van der Waals surface area contributed by atoms with E-state index in [1.165, 1.54) is 7.11 Å². The molecule has 4 heteroatoms. The molecule has 1 unspecified atom stereocenters. The van der Waals surface area contributed by atoms with Crippen LogP contribution in [0, 0.1) is 0 Å². The number of ether oxygens (including phenoxy) is 1. The molecule has 4 nitrogen and oxygen atoms in total. The highest BCUT2D eigenvalue weighted by Crippen LogP contribution is 1.87. The molecule has 0 radical (unpaired) electrons. The topological polar surface area (TPSA) is 72.5 Å². The Morgan fingerprint density at radius 1 is 1.89 bits per heavy atom. The van der Waals surface area contributed by atoms with E-state index in [1.54, 1.807) is 0 Å². The lowest BCUT2D eigenvalue weighted by molar-refractivity contribution is -0.141. The number of rotatable bonds is 3. The Hall–Kier alpha value is -0.610. The summed E-state index contributed by atoms with van der Waals surface area (Å²) in [6, 6.07) is -0.488. The Balaban J connectivity index is 3.34. The second-order valence-corrected chi connectivity index (χ2v) is 1.72. The van der Waals surface area contributed by atoms with E-state index < -0.39 is 12.0 Å². The molecule has 0 rings (SSSR count). The fraction of sp³-hybridized carbons (Fsp3) is 0.800. The second-order valence-electron chi connectivity index (χ2n) is 1.72. The molecular weight excluding hydrogens is 122 g/mol. The van der Waals surface area contributed by atoms with Crippen molar-refractivity contribution in [1.82, 2.24) is 0 Å². The highest BCUT2D eigenvalue weighted by Gasteiger charge is 2.06. The molecular formula is C5H11NO3. The number of hydrogen-bond acceptors (Lipinski definition) is 4. The SMILES string of the molecule is COC(=O)CC(N)CO. The van der Waals surface area contributed by atoms with Crippen LogP contribution in [0.25, 0.3) is 0 Å². The molecule has 0 fully saturated rings. The van der Waals surface area contributed by atoms with E-state index in [-0.39, 0.29) is 13.0 Å². The van der Waals surface area contributed by atoms with Gasteiger partial charge >= 0.3 is 5.97 Å². The van der Waals surface area contributed by atoms with Gasteiger partial charge in [-0.05, 0) is 0 Å². The Labute approximate surface area is 53.6 Å². The van der Waals surface area contributed by atoms with Crippen LogP contribution >= 0.6 is 0 Å². The highest BCUT2D eigenvalue weighted by atomic mass is 16.5. The summed E-state index contributed by atoms with van der Waals surface area (Å²) in [6.45, 7) is -0.185. The molecule has 54 valence electrons. The number of nitrogens with two attached hydrogens (primary N) is 1. The second kappa shape index (κ2) is 4.29. The van der Waals surface area contributed by atoms with E-state index in [4.69, 9.17) is 10.8 Å². The van der Waals surface area contributed by atoms with Crippen molar-refractivity contribution in [3.05, 3.63) is 0 Å². The van der Waals surface area contributed by atoms with Gasteiger partial charge in [-0.25, -0.2) is 0 Å². The van der Waals surface area contributed by atoms with E-state index in [0.717, 1.165) is 0 Å². The van der Waals surface area contributed by atoms with Gasteiger partial charge in [0.15, 0.2) is 0 Å². The van der Waals surface area contributed by atoms with Crippen LogP contribution in [0.4, 0.5) is 0 Å². The van der Waals surface area contributed by atoms with Gasteiger partial charge in [-0.3, -0.25) is 4.79 Å². The number of hydrogen-bond donors (Lipinski definition) is 2. The average Bonchev–Trinajstić information content (AvgIpc) is 1.87. The summed E-state index contributed by atoms with van der Waals surface area (Å²) < 4.78 is 4.29. The zero-order valence-electron chi connectivity index (χ0n) is 5.33. The Morgan fingerprint density at radius 3 is 2.78 bits per heavy atom. The molecule has 0 aromatic heterocycles. The Bertz CT molecular complexity index is 94.2. The van der Waals surface area contributed by atoms with E-state index in [2.05, 4.69) is 4.74 Å². The number of aliphatic hydroxyl groups excluding tert-OH is 1. The third-order valence-electron chi connectivity index (χ3n) is 0.891. The molecule has 0 aliphatic heterocycles. The van der Waals surface area contributed by atoms with Gasteiger partial charge in [0.25, 0.3) is 0 Å². The monoisotopic (exact) mass is 133 g/mol.